The van der Waals surface area contributed by atoms with Crippen LogP contribution in [0.25, 0.3) is 0 Å². The van der Waals surface area contributed by atoms with E-state index in [1.807, 2.05) is 0 Å². The van der Waals surface area contributed by atoms with Crippen molar-refractivity contribution in [1.82, 2.24) is 9.78 Å². The van der Waals surface area contributed by atoms with Crippen molar-refractivity contribution >= 4 is 24.1 Å². The molecule has 0 amide bonds. The maximum absolute atomic E-state index is 10.5. The minimum atomic E-state index is -1.08. The summed E-state index contributed by atoms with van der Waals surface area (Å²) >= 11 is 0. The average molecular weight is 244 g/mol. The molecule has 7 heteroatoms. The Hall–Kier alpha value is -1.95. The number of carbonyl (C=O) groups is 1. The molecule has 0 bridgehead atoms. The predicted molar refractivity (Wildman–Crippen MR) is 58.7 cm³/mol. The van der Waals surface area contributed by atoms with E-state index in [0.29, 0.717) is 18.0 Å². The van der Waals surface area contributed by atoms with E-state index < -0.39 is 5.97 Å². The Balaban J connectivity index is 0.00000128. The molecule has 0 saturated carbocycles. The number of aromatic carboxylic acids is 1. The van der Waals surface area contributed by atoms with Crippen molar-refractivity contribution in [2.75, 3.05) is 5.73 Å². The molecule has 2 heterocycles. The first-order chi connectivity index (χ1) is 7.15. The molecule has 0 aliphatic carbocycles. The topological polar surface area (TPSA) is 94.3 Å². The molecule has 0 saturated heterocycles. The van der Waals surface area contributed by atoms with Crippen LogP contribution in [0, 0.1) is 0 Å². The van der Waals surface area contributed by atoms with Crippen molar-refractivity contribution in [2.24, 2.45) is 0 Å². The number of nitrogens with zero attached hydrogens (tertiary/aromatic N) is 2. The predicted octanol–water partition coefficient (Wildman–Crippen LogP) is 1.23. The average Bonchev–Trinajstić information content (AvgIpc) is 2.76. The molecule has 3 N–H and O–H groups in total. The summed E-state index contributed by atoms with van der Waals surface area (Å²) in [5.74, 6) is -0.637. The van der Waals surface area contributed by atoms with E-state index in [1.54, 1.807) is 16.9 Å². The fourth-order valence-corrected chi connectivity index (χ4v) is 1.20. The van der Waals surface area contributed by atoms with E-state index in [1.165, 1.54) is 12.3 Å². The summed E-state index contributed by atoms with van der Waals surface area (Å²) < 4.78 is 6.63. The molecule has 0 aromatic carbocycles. The SMILES string of the molecule is Cl.Nc1cnn(Cc2ccc(C(=O)O)o2)c1. The number of furan rings is 1. The summed E-state index contributed by atoms with van der Waals surface area (Å²) in [6.45, 7) is 0.366. The second-order valence-corrected chi connectivity index (χ2v) is 3.04. The summed E-state index contributed by atoms with van der Waals surface area (Å²) in [6.07, 6.45) is 3.16. The van der Waals surface area contributed by atoms with Gasteiger partial charge in [-0.3, -0.25) is 4.68 Å². The summed E-state index contributed by atoms with van der Waals surface area (Å²) in [4.78, 5) is 10.5. The number of nitrogen functional groups attached to an aromatic ring is 1. The number of rotatable bonds is 3. The van der Waals surface area contributed by atoms with Gasteiger partial charge in [0.2, 0.25) is 5.76 Å². The van der Waals surface area contributed by atoms with E-state index in [2.05, 4.69) is 5.10 Å². The van der Waals surface area contributed by atoms with Gasteiger partial charge >= 0.3 is 5.97 Å². The van der Waals surface area contributed by atoms with E-state index in [-0.39, 0.29) is 18.2 Å². The van der Waals surface area contributed by atoms with Crippen LogP contribution in [0.2, 0.25) is 0 Å². The van der Waals surface area contributed by atoms with Gasteiger partial charge in [0.05, 0.1) is 18.4 Å². The lowest BCUT2D eigenvalue weighted by atomic mass is 10.4. The largest absolute Gasteiger partial charge is 0.475 e. The molecular weight excluding hydrogens is 234 g/mol. The Kier molecular flexibility index (Phi) is 3.57. The smallest absolute Gasteiger partial charge is 0.371 e. The summed E-state index contributed by atoms with van der Waals surface area (Å²) in [6, 6.07) is 3.01. The monoisotopic (exact) mass is 243 g/mol. The number of nitrogens with two attached hydrogens (primary N) is 1. The Morgan fingerprint density at radius 1 is 1.56 bits per heavy atom. The van der Waals surface area contributed by atoms with Crippen LogP contribution in [0.4, 0.5) is 5.69 Å². The third-order valence-corrected chi connectivity index (χ3v) is 1.84. The minimum Gasteiger partial charge on any atom is -0.475 e. The van der Waals surface area contributed by atoms with Gasteiger partial charge in [-0.15, -0.1) is 12.4 Å². The molecule has 86 valence electrons. The maximum atomic E-state index is 10.5. The van der Waals surface area contributed by atoms with Crippen LogP contribution in [-0.4, -0.2) is 20.9 Å². The van der Waals surface area contributed by atoms with Gasteiger partial charge in [-0.25, -0.2) is 4.79 Å². The Bertz CT molecular complexity index is 492. The minimum absolute atomic E-state index is 0. The molecule has 16 heavy (non-hydrogen) atoms. The zero-order chi connectivity index (χ0) is 10.8. The van der Waals surface area contributed by atoms with Crippen molar-refractivity contribution in [1.29, 1.82) is 0 Å². The lowest BCUT2D eigenvalue weighted by Crippen LogP contribution is -1.99. The molecule has 2 aromatic rings. The molecule has 2 rings (SSSR count). The van der Waals surface area contributed by atoms with E-state index in [9.17, 15) is 4.79 Å². The number of anilines is 1. The zero-order valence-corrected chi connectivity index (χ0v) is 8.98. The van der Waals surface area contributed by atoms with Gasteiger partial charge in [-0.1, -0.05) is 0 Å². The number of hydrogen-bond acceptors (Lipinski definition) is 4. The number of carboxylic acids is 1. The molecule has 0 spiro atoms. The highest BCUT2D eigenvalue weighted by Gasteiger charge is 2.09. The fraction of sp³-hybridized carbons (Fsp3) is 0.111. The molecule has 0 atom stereocenters. The number of halogens is 1. The molecule has 0 aliphatic heterocycles. The molecular formula is C9H10ClN3O3. The number of aromatic nitrogens is 2. The van der Waals surface area contributed by atoms with E-state index >= 15 is 0 Å². The van der Waals surface area contributed by atoms with Crippen LogP contribution >= 0.6 is 12.4 Å². The quantitative estimate of drug-likeness (QED) is 0.845. The zero-order valence-electron chi connectivity index (χ0n) is 8.16. The van der Waals surface area contributed by atoms with Crippen molar-refractivity contribution in [3.63, 3.8) is 0 Å². The van der Waals surface area contributed by atoms with Gasteiger partial charge in [-0.2, -0.15) is 5.10 Å². The van der Waals surface area contributed by atoms with Gasteiger partial charge < -0.3 is 15.3 Å². The molecule has 2 aromatic heterocycles. The molecule has 0 fully saturated rings. The van der Waals surface area contributed by atoms with Gasteiger partial charge in [0.15, 0.2) is 0 Å². The standard InChI is InChI=1S/C9H9N3O3.ClH/c10-6-3-11-12(4-6)5-7-1-2-8(15-7)9(13)14;/h1-4H,5,10H2,(H,13,14);1H. The lowest BCUT2D eigenvalue weighted by molar-refractivity contribution is 0.0660. The van der Waals surface area contributed by atoms with Gasteiger partial charge in [0.25, 0.3) is 0 Å². The van der Waals surface area contributed by atoms with Crippen molar-refractivity contribution in [3.8, 4) is 0 Å². The first-order valence-corrected chi connectivity index (χ1v) is 4.25. The number of hydrogen-bond donors (Lipinski definition) is 2. The normalized spacial score (nSPS) is 9.75. The van der Waals surface area contributed by atoms with E-state index in [0.717, 1.165) is 0 Å². The first kappa shape index (κ1) is 12.1. The Morgan fingerprint density at radius 3 is 2.81 bits per heavy atom. The second kappa shape index (κ2) is 4.71. The number of carboxylic acid groups (broad SMARTS) is 1. The van der Waals surface area contributed by atoms with Crippen molar-refractivity contribution in [2.45, 2.75) is 6.54 Å². The maximum Gasteiger partial charge on any atom is 0.371 e. The van der Waals surface area contributed by atoms with Gasteiger partial charge in [-0.05, 0) is 12.1 Å². The summed E-state index contributed by atoms with van der Waals surface area (Å²) in [7, 11) is 0. The van der Waals surface area contributed by atoms with Crippen LogP contribution < -0.4 is 5.73 Å². The molecule has 0 aliphatic rings. The van der Waals surface area contributed by atoms with Crippen LogP contribution in [0.5, 0.6) is 0 Å². The highest BCUT2D eigenvalue weighted by molar-refractivity contribution is 5.85. The Morgan fingerprint density at radius 2 is 2.31 bits per heavy atom. The van der Waals surface area contributed by atoms with Crippen LogP contribution in [0.1, 0.15) is 16.3 Å². The first-order valence-electron chi connectivity index (χ1n) is 4.25. The van der Waals surface area contributed by atoms with Gasteiger partial charge in [0, 0.05) is 6.20 Å². The van der Waals surface area contributed by atoms with Gasteiger partial charge in [0.1, 0.15) is 5.76 Å². The molecule has 0 unspecified atom stereocenters. The summed E-state index contributed by atoms with van der Waals surface area (Å²) in [5, 5.41) is 12.6. The summed E-state index contributed by atoms with van der Waals surface area (Å²) in [5.41, 5.74) is 6.03. The molecule has 0 radical (unpaired) electrons. The highest BCUT2D eigenvalue weighted by atomic mass is 35.5. The third-order valence-electron chi connectivity index (χ3n) is 1.84. The van der Waals surface area contributed by atoms with Crippen LogP contribution in [0.3, 0.4) is 0 Å². The highest BCUT2D eigenvalue weighted by Crippen LogP contribution is 2.10. The van der Waals surface area contributed by atoms with E-state index in [4.69, 9.17) is 15.3 Å². The lowest BCUT2D eigenvalue weighted by Gasteiger charge is -1.96. The third kappa shape index (κ3) is 2.54. The van der Waals surface area contributed by atoms with Crippen LogP contribution in [-0.2, 0) is 6.54 Å². The Labute approximate surface area is 97.1 Å². The van der Waals surface area contributed by atoms with Crippen molar-refractivity contribution in [3.05, 3.63) is 36.0 Å². The van der Waals surface area contributed by atoms with Crippen LogP contribution in [0.15, 0.2) is 28.9 Å². The second-order valence-electron chi connectivity index (χ2n) is 3.04. The van der Waals surface area contributed by atoms with Crippen molar-refractivity contribution < 1.29 is 14.3 Å². The molecule has 6 nitrogen and oxygen atoms in total. The fourth-order valence-electron chi connectivity index (χ4n) is 1.20.